The van der Waals surface area contributed by atoms with Gasteiger partial charge in [-0.05, 0) is 25.7 Å². The van der Waals surface area contributed by atoms with E-state index in [4.69, 9.17) is 45.3 Å². The van der Waals surface area contributed by atoms with Crippen molar-refractivity contribution in [2.75, 3.05) is 13.2 Å². The van der Waals surface area contributed by atoms with Gasteiger partial charge in [-0.3, -0.25) is 19.4 Å². The predicted molar refractivity (Wildman–Crippen MR) is 99.5 cm³/mol. The topological polar surface area (TPSA) is 114 Å². The fourth-order valence-corrected chi connectivity index (χ4v) is 2.44. The molecule has 0 aliphatic carbocycles. The Balaban J connectivity index is 2.58. The zero-order chi connectivity index (χ0) is 20.1. The molecule has 11 heteroatoms. The molecule has 1 heterocycles. The van der Waals surface area contributed by atoms with Crippen LogP contribution in [0.25, 0.3) is 0 Å². The first-order valence-corrected chi connectivity index (χ1v) is 9.42. The summed E-state index contributed by atoms with van der Waals surface area (Å²) in [6.07, 6.45) is 1.06. The lowest BCUT2D eigenvalue weighted by atomic mass is 10.0. The summed E-state index contributed by atoms with van der Waals surface area (Å²) in [5.74, 6) is -1.46. The van der Waals surface area contributed by atoms with E-state index in [1.54, 1.807) is 6.92 Å². The van der Waals surface area contributed by atoms with Gasteiger partial charge in [0.25, 0.3) is 5.91 Å². The van der Waals surface area contributed by atoms with Gasteiger partial charge in [-0.15, -0.1) is 0 Å². The maximum Gasteiger partial charge on any atom is 0.325 e. The normalized spacial score (nSPS) is 20.5. The number of nitrogens with zero attached hydrogens (tertiary/aromatic N) is 1. The Morgan fingerprint density at radius 3 is 2.46 bits per heavy atom. The van der Waals surface area contributed by atoms with E-state index in [9.17, 15) is 14.4 Å². The molecule has 0 aromatic carbocycles. The van der Waals surface area contributed by atoms with Gasteiger partial charge in [0, 0.05) is 6.54 Å². The van der Waals surface area contributed by atoms with Gasteiger partial charge in [0.05, 0.1) is 6.04 Å². The molecule has 8 nitrogen and oxygen atoms in total. The molecule has 2 amide bonds. The third-order valence-corrected chi connectivity index (χ3v) is 4.19. The highest BCUT2D eigenvalue weighted by molar-refractivity contribution is 6.67. The molecular weight excluding hydrogens is 407 g/mol. The number of ether oxygens (including phenoxy) is 1. The Bertz CT molecular complexity index is 528. The molecule has 0 spiro atoms. The summed E-state index contributed by atoms with van der Waals surface area (Å²) in [6, 6.07) is -2.24. The lowest BCUT2D eigenvalue weighted by Crippen LogP contribution is -2.60. The Morgan fingerprint density at radius 2 is 1.92 bits per heavy atom. The van der Waals surface area contributed by atoms with Crippen molar-refractivity contribution in [1.82, 2.24) is 15.8 Å². The van der Waals surface area contributed by atoms with Crippen molar-refractivity contribution in [1.29, 1.82) is 0 Å². The highest BCUT2D eigenvalue weighted by Gasteiger charge is 2.33. The van der Waals surface area contributed by atoms with Gasteiger partial charge < -0.3 is 15.8 Å². The van der Waals surface area contributed by atoms with Gasteiger partial charge in [0.15, 0.2) is 0 Å². The van der Waals surface area contributed by atoms with Crippen LogP contribution >= 0.6 is 34.8 Å². The van der Waals surface area contributed by atoms with Crippen molar-refractivity contribution in [3.8, 4) is 0 Å². The Hall–Kier alpha value is -0.800. The number of hydrogen-bond donors (Lipinski definition) is 3. The Morgan fingerprint density at radius 1 is 1.31 bits per heavy atom. The molecular formula is C15H25Cl3N4O4. The van der Waals surface area contributed by atoms with E-state index in [1.807, 2.05) is 13.8 Å². The van der Waals surface area contributed by atoms with Crippen LogP contribution in [0.2, 0.25) is 0 Å². The number of halogens is 3. The van der Waals surface area contributed by atoms with Crippen LogP contribution in [0, 0.1) is 5.92 Å². The summed E-state index contributed by atoms with van der Waals surface area (Å²) in [7, 11) is 0. The smallest absolute Gasteiger partial charge is 0.325 e. The molecule has 1 saturated heterocycles. The second-order valence-electron chi connectivity index (χ2n) is 6.54. The minimum Gasteiger partial charge on any atom is -0.460 e. The zero-order valence-corrected chi connectivity index (χ0v) is 17.2. The fourth-order valence-electron chi connectivity index (χ4n) is 2.28. The number of nitrogens with one attached hydrogen (secondary N) is 2. The minimum absolute atomic E-state index is 0.0533. The highest BCUT2D eigenvalue weighted by Crippen LogP contribution is 2.26. The molecule has 1 aliphatic rings. The molecule has 0 aromatic rings. The monoisotopic (exact) mass is 430 g/mol. The highest BCUT2D eigenvalue weighted by atomic mass is 35.6. The van der Waals surface area contributed by atoms with Crippen LogP contribution in [-0.2, 0) is 19.1 Å². The summed E-state index contributed by atoms with van der Waals surface area (Å²) in [5, 5.41) is 3.87. The fraction of sp³-hybridized carbons (Fsp3) is 0.800. The molecule has 1 fully saturated rings. The number of nitrogens with two attached hydrogens (primary N) is 1. The largest absolute Gasteiger partial charge is 0.460 e. The van der Waals surface area contributed by atoms with E-state index in [2.05, 4.69) is 10.7 Å². The molecule has 0 radical (unpaired) electrons. The van der Waals surface area contributed by atoms with E-state index >= 15 is 0 Å². The van der Waals surface area contributed by atoms with Crippen LogP contribution in [0.15, 0.2) is 0 Å². The number of esters is 1. The number of hydrazine groups is 1. The maximum absolute atomic E-state index is 12.5. The van der Waals surface area contributed by atoms with Gasteiger partial charge in [0.2, 0.25) is 9.70 Å². The average Bonchev–Trinajstić information content (AvgIpc) is 2.57. The molecule has 150 valence electrons. The molecule has 0 saturated carbocycles. The van der Waals surface area contributed by atoms with Gasteiger partial charge in [-0.2, -0.15) is 0 Å². The number of hydrogen-bond acceptors (Lipinski definition) is 6. The van der Waals surface area contributed by atoms with E-state index < -0.39 is 33.8 Å². The SMILES string of the molecule is CC(NC(=O)[C@@H](N)C(C)C)C(=O)N1CCC[C@@H](C(=O)OCC(Cl)(Cl)Cl)N1. The molecule has 1 aliphatic heterocycles. The number of rotatable bonds is 6. The molecule has 1 rings (SSSR count). The molecule has 26 heavy (non-hydrogen) atoms. The standard InChI is InChI=1S/C15H25Cl3N4O4/c1-8(2)11(19)12(23)20-9(3)13(24)22-6-4-5-10(21-22)14(25)26-7-15(16,17)18/h8-11,21H,4-7,19H2,1-3H3,(H,20,23)/t9?,10-,11-/m0/s1. The summed E-state index contributed by atoms with van der Waals surface area (Å²) in [5.41, 5.74) is 8.56. The molecule has 4 N–H and O–H groups in total. The number of amides is 2. The quantitative estimate of drug-likeness (QED) is 0.425. The first-order chi connectivity index (χ1) is 11.9. The van der Waals surface area contributed by atoms with Crippen molar-refractivity contribution in [2.45, 2.75) is 55.5 Å². The first-order valence-electron chi connectivity index (χ1n) is 8.29. The van der Waals surface area contributed by atoms with Crippen LogP contribution in [0.3, 0.4) is 0 Å². The van der Waals surface area contributed by atoms with E-state index in [1.165, 1.54) is 5.01 Å². The number of carbonyl (C=O) groups excluding carboxylic acids is 3. The second kappa shape index (κ2) is 9.94. The summed E-state index contributed by atoms with van der Waals surface area (Å²) in [6.45, 7) is 5.19. The van der Waals surface area contributed by atoms with Crippen LogP contribution in [0.4, 0.5) is 0 Å². The van der Waals surface area contributed by atoms with Crippen LogP contribution < -0.4 is 16.5 Å². The predicted octanol–water partition coefficient (Wildman–Crippen LogP) is 0.883. The lowest BCUT2D eigenvalue weighted by Gasteiger charge is -2.34. The Kier molecular flexibility index (Phi) is 8.88. The number of alkyl halides is 3. The van der Waals surface area contributed by atoms with E-state index in [0.29, 0.717) is 19.4 Å². The minimum atomic E-state index is -1.70. The Labute approximate surface area is 168 Å². The first kappa shape index (κ1) is 23.2. The second-order valence-corrected chi connectivity index (χ2v) is 9.05. The van der Waals surface area contributed by atoms with E-state index in [-0.39, 0.29) is 18.4 Å². The zero-order valence-electron chi connectivity index (χ0n) is 14.9. The number of carbonyl (C=O) groups is 3. The third-order valence-electron chi connectivity index (χ3n) is 3.87. The lowest BCUT2D eigenvalue weighted by molar-refractivity contribution is -0.152. The summed E-state index contributed by atoms with van der Waals surface area (Å²) >= 11 is 16.7. The van der Waals surface area contributed by atoms with Crippen molar-refractivity contribution < 1.29 is 19.1 Å². The van der Waals surface area contributed by atoms with Crippen molar-refractivity contribution >= 4 is 52.6 Å². The van der Waals surface area contributed by atoms with Crippen molar-refractivity contribution in [3.05, 3.63) is 0 Å². The van der Waals surface area contributed by atoms with Crippen LogP contribution in [-0.4, -0.2) is 57.9 Å². The molecule has 3 atom stereocenters. The van der Waals surface area contributed by atoms with Gasteiger partial charge >= 0.3 is 5.97 Å². The molecule has 0 aromatic heterocycles. The van der Waals surface area contributed by atoms with Crippen LogP contribution in [0.5, 0.6) is 0 Å². The van der Waals surface area contributed by atoms with Gasteiger partial charge in [-0.1, -0.05) is 48.7 Å². The van der Waals surface area contributed by atoms with Crippen molar-refractivity contribution in [2.24, 2.45) is 11.7 Å². The molecule has 1 unspecified atom stereocenters. The van der Waals surface area contributed by atoms with Crippen LogP contribution in [0.1, 0.15) is 33.6 Å². The van der Waals surface area contributed by atoms with Crippen molar-refractivity contribution in [3.63, 3.8) is 0 Å². The maximum atomic E-state index is 12.5. The average molecular weight is 432 g/mol. The van der Waals surface area contributed by atoms with Gasteiger partial charge in [0.1, 0.15) is 18.7 Å². The molecule has 0 bridgehead atoms. The van der Waals surface area contributed by atoms with Gasteiger partial charge in [-0.25, -0.2) is 5.43 Å². The third kappa shape index (κ3) is 7.44. The summed E-state index contributed by atoms with van der Waals surface area (Å²) in [4.78, 5) is 36.5. The summed E-state index contributed by atoms with van der Waals surface area (Å²) < 4.78 is 3.23. The van der Waals surface area contributed by atoms with E-state index in [0.717, 1.165) is 0 Å².